The number of benzene rings is 2. The third-order valence-electron chi connectivity index (χ3n) is 4.06. The molecule has 126 valence electrons. The maximum absolute atomic E-state index is 12.8. The lowest BCUT2D eigenvalue weighted by Gasteiger charge is -2.26. The number of carbonyl (C=O) groups excluding carboxylic acids is 3. The molecule has 1 aliphatic rings. The fourth-order valence-electron chi connectivity index (χ4n) is 2.50. The predicted octanol–water partition coefficient (Wildman–Crippen LogP) is 3.73. The molecular formula is C19H15BrN2O3. The Labute approximate surface area is 153 Å². The zero-order valence-electron chi connectivity index (χ0n) is 13.7. The molecule has 1 N–H and O–H groups in total. The lowest BCUT2D eigenvalue weighted by molar-refractivity contribution is -0.122. The number of urea groups is 1. The Morgan fingerprint density at radius 1 is 1.00 bits per heavy atom. The van der Waals surface area contributed by atoms with Crippen LogP contribution in [0.15, 0.2) is 52.5 Å². The molecule has 0 atom stereocenters. The van der Waals surface area contributed by atoms with Gasteiger partial charge in [0, 0.05) is 4.47 Å². The van der Waals surface area contributed by atoms with Crippen LogP contribution < -0.4 is 10.2 Å². The van der Waals surface area contributed by atoms with Crippen LogP contribution in [0, 0.1) is 13.8 Å². The van der Waals surface area contributed by atoms with Crippen molar-refractivity contribution in [3.63, 3.8) is 0 Å². The third-order valence-corrected chi connectivity index (χ3v) is 4.78. The van der Waals surface area contributed by atoms with E-state index in [1.807, 2.05) is 32.0 Å². The molecular weight excluding hydrogens is 384 g/mol. The van der Waals surface area contributed by atoms with Crippen molar-refractivity contribution in [2.24, 2.45) is 0 Å². The number of imide groups is 2. The van der Waals surface area contributed by atoms with Crippen LogP contribution in [0.1, 0.15) is 16.7 Å². The Kier molecular flexibility index (Phi) is 4.55. The van der Waals surface area contributed by atoms with Gasteiger partial charge in [-0.25, -0.2) is 9.69 Å². The van der Waals surface area contributed by atoms with E-state index in [0.717, 1.165) is 20.5 Å². The van der Waals surface area contributed by atoms with Crippen LogP contribution in [0.2, 0.25) is 0 Å². The van der Waals surface area contributed by atoms with Gasteiger partial charge in [-0.1, -0.05) is 40.2 Å². The molecule has 0 unspecified atom stereocenters. The number of rotatable bonds is 2. The first-order valence-electron chi connectivity index (χ1n) is 7.61. The Hall–Kier alpha value is -2.73. The minimum absolute atomic E-state index is 0.0928. The summed E-state index contributed by atoms with van der Waals surface area (Å²) in [5.74, 6) is -1.35. The van der Waals surface area contributed by atoms with E-state index >= 15 is 0 Å². The van der Waals surface area contributed by atoms with Crippen molar-refractivity contribution in [1.29, 1.82) is 0 Å². The molecule has 0 radical (unpaired) electrons. The van der Waals surface area contributed by atoms with Gasteiger partial charge in [-0.15, -0.1) is 0 Å². The van der Waals surface area contributed by atoms with Gasteiger partial charge in [0.25, 0.3) is 11.8 Å². The maximum atomic E-state index is 12.8. The van der Waals surface area contributed by atoms with Crippen molar-refractivity contribution in [1.82, 2.24) is 5.32 Å². The Morgan fingerprint density at radius 2 is 1.72 bits per heavy atom. The van der Waals surface area contributed by atoms with Gasteiger partial charge in [-0.2, -0.15) is 0 Å². The highest BCUT2D eigenvalue weighted by atomic mass is 79.9. The van der Waals surface area contributed by atoms with Crippen molar-refractivity contribution in [2.75, 3.05) is 4.90 Å². The van der Waals surface area contributed by atoms with E-state index < -0.39 is 17.8 Å². The number of hydrogen-bond acceptors (Lipinski definition) is 3. The molecule has 0 aromatic heterocycles. The number of halogens is 1. The van der Waals surface area contributed by atoms with Gasteiger partial charge in [-0.05, 0) is 54.8 Å². The van der Waals surface area contributed by atoms with E-state index in [2.05, 4.69) is 21.2 Å². The summed E-state index contributed by atoms with van der Waals surface area (Å²) < 4.78 is 0.748. The topological polar surface area (TPSA) is 66.5 Å². The number of anilines is 1. The van der Waals surface area contributed by atoms with E-state index in [1.54, 1.807) is 24.3 Å². The molecule has 0 bridgehead atoms. The molecule has 0 spiro atoms. The summed E-state index contributed by atoms with van der Waals surface area (Å²) in [7, 11) is 0. The van der Waals surface area contributed by atoms with Crippen LogP contribution >= 0.6 is 15.9 Å². The molecule has 3 rings (SSSR count). The minimum atomic E-state index is -0.748. The molecule has 1 saturated heterocycles. The average molecular weight is 399 g/mol. The lowest BCUT2D eigenvalue weighted by atomic mass is 10.1. The Morgan fingerprint density at radius 3 is 2.40 bits per heavy atom. The molecule has 25 heavy (non-hydrogen) atoms. The van der Waals surface area contributed by atoms with E-state index in [-0.39, 0.29) is 5.57 Å². The van der Waals surface area contributed by atoms with Crippen molar-refractivity contribution in [3.8, 4) is 0 Å². The van der Waals surface area contributed by atoms with Crippen molar-refractivity contribution >= 4 is 45.5 Å². The number of hydrogen-bond donors (Lipinski definition) is 1. The maximum Gasteiger partial charge on any atom is 0.335 e. The highest BCUT2D eigenvalue weighted by Gasteiger charge is 2.36. The van der Waals surface area contributed by atoms with E-state index in [4.69, 9.17) is 0 Å². The first kappa shape index (κ1) is 17.1. The summed E-state index contributed by atoms with van der Waals surface area (Å²) in [6.07, 6.45) is 1.47. The van der Waals surface area contributed by atoms with Crippen LogP contribution in [-0.4, -0.2) is 17.8 Å². The second kappa shape index (κ2) is 6.64. The molecule has 0 saturated carbocycles. The van der Waals surface area contributed by atoms with Gasteiger partial charge >= 0.3 is 6.03 Å². The first-order chi connectivity index (χ1) is 11.9. The quantitative estimate of drug-likeness (QED) is 0.618. The molecule has 2 aromatic carbocycles. The summed E-state index contributed by atoms with van der Waals surface area (Å²) in [5, 5.41) is 2.23. The standard InChI is InChI=1S/C19H15BrN2O3/c1-11-7-8-14(9-12(11)2)22-18(24)15(17(23)21-19(22)25)10-13-5-3-4-6-16(13)20/h3-10H,1-2H3,(H,21,23,25). The molecule has 1 aliphatic heterocycles. The van der Waals surface area contributed by atoms with Crippen molar-refractivity contribution in [3.05, 3.63) is 69.2 Å². The zero-order chi connectivity index (χ0) is 18.1. The second-order valence-corrected chi connectivity index (χ2v) is 6.60. The molecule has 1 fully saturated rings. The highest BCUT2D eigenvalue weighted by Crippen LogP contribution is 2.25. The zero-order valence-corrected chi connectivity index (χ0v) is 15.3. The van der Waals surface area contributed by atoms with Gasteiger partial charge in [0.05, 0.1) is 5.69 Å². The molecule has 0 aliphatic carbocycles. The summed E-state index contributed by atoms with van der Waals surface area (Å²) in [6, 6.07) is 11.7. The second-order valence-electron chi connectivity index (χ2n) is 5.75. The summed E-state index contributed by atoms with van der Waals surface area (Å²) in [4.78, 5) is 38.2. The number of carbonyl (C=O) groups is 3. The van der Waals surface area contributed by atoms with Gasteiger partial charge < -0.3 is 0 Å². The van der Waals surface area contributed by atoms with Gasteiger partial charge in [0.1, 0.15) is 5.57 Å². The highest BCUT2D eigenvalue weighted by molar-refractivity contribution is 9.10. The predicted molar refractivity (Wildman–Crippen MR) is 99.1 cm³/mol. The third kappa shape index (κ3) is 3.25. The minimum Gasteiger partial charge on any atom is -0.273 e. The van der Waals surface area contributed by atoms with Crippen LogP contribution in [0.5, 0.6) is 0 Å². The summed E-state index contributed by atoms with van der Waals surface area (Å²) in [5.41, 5.74) is 3.01. The fourth-order valence-corrected chi connectivity index (χ4v) is 2.90. The number of amides is 4. The number of aryl methyl sites for hydroxylation is 2. The molecule has 5 nitrogen and oxygen atoms in total. The summed E-state index contributed by atoms with van der Waals surface area (Å²) >= 11 is 3.38. The normalized spacial score (nSPS) is 16.4. The lowest BCUT2D eigenvalue weighted by Crippen LogP contribution is -2.54. The SMILES string of the molecule is Cc1ccc(N2C(=O)NC(=O)C(=Cc3ccccc3Br)C2=O)cc1C. The smallest absolute Gasteiger partial charge is 0.273 e. The monoisotopic (exact) mass is 398 g/mol. The first-order valence-corrected chi connectivity index (χ1v) is 8.41. The average Bonchev–Trinajstić information content (AvgIpc) is 2.56. The number of barbiturate groups is 1. The van der Waals surface area contributed by atoms with Crippen LogP contribution in [0.3, 0.4) is 0 Å². The Bertz CT molecular complexity index is 934. The molecule has 1 heterocycles. The summed E-state index contributed by atoms with van der Waals surface area (Å²) in [6.45, 7) is 3.84. The number of nitrogens with one attached hydrogen (secondary N) is 1. The van der Waals surface area contributed by atoms with Crippen molar-refractivity contribution < 1.29 is 14.4 Å². The molecule has 4 amide bonds. The van der Waals surface area contributed by atoms with Crippen molar-refractivity contribution in [2.45, 2.75) is 13.8 Å². The van der Waals surface area contributed by atoms with Crippen LogP contribution in [-0.2, 0) is 9.59 Å². The van der Waals surface area contributed by atoms with Gasteiger partial charge in [0.15, 0.2) is 0 Å². The number of nitrogens with zero attached hydrogens (tertiary/aromatic N) is 1. The van der Waals surface area contributed by atoms with Gasteiger partial charge in [-0.3, -0.25) is 14.9 Å². The van der Waals surface area contributed by atoms with E-state index in [9.17, 15) is 14.4 Å². The van der Waals surface area contributed by atoms with E-state index in [0.29, 0.717) is 11.3 Å². The molecule has 2 aromatic rings. The van der Waals surface area contributed by atoms with Crippen LogP contribution in [0.25, 0.3) is 6.08 Å². The van der Waals surface area contributed by atoms with Gasteiger partial charge in [0.2, 0.25) is 0 Å². The largest absolute Gasteiger partial charge is 0.335 e. The van der Waals surface area contributed by atoms with Crippen LogP contribution in [0.4, 0.5) is 10.5 Å². The fraction of sp³-hybridized carbons (Fsp3) is 0.105. The Balaban J connectivity index is 2.05. The molecule has 6 heteroatoms. The van der Waals surface area contributed by atoms with E-state index in [1.165, 1.54) is 6.08 Å².